The summed E-state index contributed by atoms with van der Waals surface area (Å²) >= 11 is 3.40. The molecule has 0 aromatic heterocycles. The van der Waals surface area contributed by atoms with E-state index in [4.69, 9.17) is 10.00 Å². The topological polar surface area (TPSA) is 53.2 Å². The minimum atomic E-state index is -0.529. The van der Waals surface area contributed by atoms with E-state index in [1.54, 1.807) is 43.3 Å². The predicted molar refractivity (Wildman–Crippen MR) is 76.0 cm³/mol. The number of hydrogen-bond donors (Lipinski definition) is 1. The molecule has 0 fully saturated rings. The molecule has 0 unspecified atom stereocenters. The van der Waals surface area contributed by atoms with Crippen molar-refractivity contribution >= 4 is 15.9 Å². The van der Waals surface area contributed by atoms with Gasteiger partial charge in [0, 0.05) is 4.47 Å². The lowest BCUT2D eigenvalue weighted by Crippen LogP contribution is -1.93. The zero-order valence-corrected chi connectivity index (χ0v) is 11.9. The number of benzene rings is 2. The summed E-state index contributed by atoms with van der Waals surface area (Å²) in [4.78, 5) is 0. The summed E-state index contributed by atoms with van der Waals surface area (Å²) in [5, 5.41) is 18.3. The third kappa shape index (κ3) is 3.34. The molecule has 96 valence electrons. The number of halogens is 1. The van der Waals surface area contributed by atoms with Crippen LogP contribution in [0.3, 0.4) is 0 Å². The molecule has 1 N–H and O–H groups in total. The molecule has 2 rings (SSSR count). The van der Waals surface area contributed by atoms with Crippen LogP contribution in [0.25, 0.3) is 0 Å². The van der Waals surface area contributed by atoms with Gasteiger partial charge in [-0.2, -0.15) is 5.26 Å². The van der Waals surface area contributed by atoms with Gasteiger partial charge in [0.25, 0.3) is 0 Å². The summed E-state index contributed by atoms with van der Waals surface area (Å²) in [6.45, 7) is 1.71. The minimum absolute atomic E-state index is 0.529. The molecule has 0 radical (unpaired) electrons. The lowest BCUT2D eigenvalue weighted by Gasteiger charge is -2.10. The quantitative estimate of drug-likeness (QED) is 0.924. The van der Waals surface area contributed by atoms with Gasteiger partial charge in [0.2, 0.25) is 0 Å². The summed E-state index contributed by atoms with van der Waals surface area (Å²) < 4.78 is 6.47. The largest absolute Gasteiger partial charge is 0.457 e. The Kier molecular flexibility index (Phi) is 4.20. The number of aliphatic hydroxyl groups excluding tert-OH is 1. The van der Waals surface area contributed by atoms with Crippen molar-refractivity contribution in [2.45, 2.75) is 13.0 Å². The molecule has 19 heavy (non-hydrogen) atoms. The van der Waals surface area contributed by atoms with E-state index in [2.05, 4.69) is 22.0 Å². The fourth-order valence-corrected chi connectivity index (χ4v) is 2.33. The first kappa shape index (κ1) is 13.6. The number of nitrogens with zero attached hydrogens (tertiary/aromatic N) is 1. The number of rotatable bonds is 3. The Morgan fingerprint density at radius 1 is 1.16 bits per heavy atom. The van der Waals surface area contributed by atoms with Gasteiger partial charge in [0.1, 0.15) is 11.5 Å². The van der Waals surface area contributed by atoms with Gasteiger partial charge in [-0.05, 0) is 48.9 Å². The molecular formula is C15H12BrNO2. The Bertz CT molecular complexity index is 615. The first-order chi connectivity index (χ1) is 9.10. The van der Waals surface area contributed by atoms with E-state index in [0.29, 0.717) is 17.1 Å². The molecule has 0 heterocycles. The lowest BCUT2D eigenvalue weighted by atomic mass is 10.1. The standard InChI is InChI=1S/C15H12BrNO2/c1-10(18)14-7-6-13(8-15(14)16)19-12-4-2-11(9-17)3-5-12/h2-8,10,18H,1H3/t10-/m1/s1. The van der Waals surface area contributed by atoms with Crippen molar-refractivity contribution < 1.29 is 9.84 Å². The van der Waals surface area contributed by atoms with Crippen molar-refractivity contribution in [2.75, 3.05) is 0 Å². The van der Waals surface area contributed by atoms with Gasteiger partial charge in [0.15, 0.2) is 0 Å². The fourth-order valence-electron chi connectivity index (χ4n) is 1.64. The molecule has 0 aliphatic carbocycles. The van der Waals surface area contributed by atoms with Gasteiger partial charge in [0.05, 0.1) is 17.7 Å². The van der Waals surface area contributed by atoms with Crippen LogP contribution in [-0.2, 0) is 0 Å². The highest BCUT2D eigenvalue weighted by molar-refractivity contribution is 9.10. The highest BCUT2D eigenvalue weighted by atomic mass is 79.9. The van der Waals surface area contributed by atoms with E-state index in [0.717, 1.165) is 10.0 Å². The Morgan fingerprint density at radius 2 is 1.79 bits per heavy atom. The fraction of sp³-hybridized carbons (Fsp3) is 0.133. The van der Waals surface area contributed by atoms with Crippen molar-refractivity contribution in [3.05, 3.63) is 58.1 Å². The zero-order chi connectivity index (χ0) is 13.8. The van der Waals surface area contributed by atoms with Crippen LogP contribution in [-0.4, -0.2) is 5.11 Å². The van der Waals surface area contributed by atoms with E-state index in [1.807, 2.05) is 6.07 Å². The van der Waals surface area contributed by atoms with Crippen LogP contribution in [0.15, 0.2) is 46.9 Å². The van der Waals surface area contributed by atoms with Crippen LogP contribution >= 0.6 is 15.9 Å². The van der Waals surface area contributed by atoms with Crippen LogP contribution in [0, 0.1) is 11.3 Å². The smallest absolute Gasteiger partial charge is 0.128 e. The zero-order valence-electron chi connectivity index (χ0n) is 10.3. The van der Waals surface area contributed by atoms with Crippen LogP contribution in [0.5, 0.6) is 11.5 Å². The molecule has 0 bridgehead atoms. The second-order valence-corrected chi connectivity index (χ2v) is 4.95. The van der Waals surface area contributed by atoms with Gasteiger partial charge >= 0.3 is 0 Å². The Hall–Kier alpha value is -1.83. The maximum Gasteiger partial charge on any atom is 0.128 e. The second-order valence-electron chi connectivity index (χ2n) is 4.10. The molecule has 0 amide bonds. The Morgan fingerprint density at radius 3 is 2.32 bits per heavy atom. The first-order valence-electron chi connectivity index (χ1n) is 5.75. The maximum absolute atomic E-state index is 9.54. The molecule has 4 heteroatoms. The Balaban J connectivity index is 2.19. The summed E-state index contributed by atoms with van der Waals surface area (Å²) in [6.07, 6.45) is -0.529. The van der Waals surface area contributed by atoms with Gasteiger partial charge in [-0.1, -0.05) is 22.0 Å². The normalized spacial score (nSPS) is 11.7. The SMILES string of the molecule is C[C@@H](O)c1ccc(Oc2ccc(C#N)cc2)cc1Br. The highest BCUT2D eigenvalue weighted by Gasteiger charge is 2.07. The first-order valence-corrected chi connectivity index (χ1v) is 6.55. The summed E-state index contributed by atoms with van der Waals surface area (Å²) in [6, 6.07) is 14.4. The van der Waals surface area contributed by atoms with Crippen LogP contribution < -0.4 is 4.74 Å². The van der Waals surface area contributed by atoms with Gasteiger partial charge < -0.3 is 9.84 Å². The molecule has 3 nitrogen and oxygen atoms in total. The average molecular weight is 318 g/mol. The summed E-state index contributed by atoms with van der Waals surface area (Å²) in [5.74, 6) is 1.33. The Labute approximate surface area is 120 Å². The van der Waals surface area contributed by atoms with E-state index in [1.165, 1.54) is 0 Å². The highest BCUT2D eigenvalue weighted by Crippen LogP contribution is 2.30. The van der Waals surface area contributed by atoms with E-state index in [9.17, 15) is 5.11 Å². The van der Waals surface area contributed by atoms with Crippen molar-refractivity contribution in [1.82, 2.24) is 0 Å². The molecule has 2 aromatic rings. The van der Waals surface area contributed by atoms with Crippen LogP contribution in [0.2, 0.25) is 0 Å². The van der Waals surface area contributed by atoms with E-state index >= 15 is 0 Å². The second kappa shape index (κ2) is 5.87. The van der Waals surface area contributed by atoms with Crippen molar-refractivity contribution in [3.63, 3.8) is 0 Å². The minimum Gasteiger partial charge on any atom is -0.457 e. The molecule has 0 spiro atoms. The van der Waals surface area contributed by atoms with Gasteiger partial charge in [-0.15, -0.1) is 0 Å². The molecule has 0 aliphatic heterocycles. The van der Waals surface area contributed by atoms with Crippen molar-refractivity contribution in [3.8, 4) is 17.6 Å². The molecular weight excluding hydrogens is 306 g/mol. The number of ether oxygens (including phenoxy) is 1. The van der Waals surface area contributed by atoms with Crippen LogP contribution in [0.4, 0.5) is 0 Å². The third-order valence-corrected chi connectivity index (χ3v) is 3.33. The van der Waals surface area contributed by atoms with Crippen molar-refractivity contribution in [2.24, 2.45) is 0 Å². The average Bonchev–Trinajstić information content (AvgIpc) is 2.39. The number of hydrogen-bond acceptors (Lipinski definition) is 3. The summed E-state index contributed by atoms with van der Waals surface area (Å²) in [7, 11) is 0. The van der Waals surface area contributed by atoms with Crippen molar-refractivity contribution in [1.29, 1.82) is 5.26 Å². The maximum atomic E-state index is 9.54. The molecule has 0 aliphatic rings. The lowest BCUT2D eigenvalue weighted by molar-refractivity contribution is 0.198. The predicted octanol–water partition coefficient (Wildman–Crippen LogP) is 4.17. The third-order valence-electron chi connectivity index (χ3n) is 2.64. The van der Waals surface area contributed by atoms with E-state index in [-0.39, 0.29) is 0 Å². The summed E-state index contributed by atoms with van der Waals surface area (Å²) in [5.41, 5.74) is 1.41. The molecule has 0 saturated heterocycles. The number of aliphatic hydroxyl groups is 1. The monoisotopic (exact) mass is 317 g/mol. The van der Waals surface area contributed by atoms with Gasteiger partial charge in [-0.25, -0.2) is 0 Å². The number of nitriles is 1. The molecule has 2 aromatic carbocycles. The molecule has 1 atom stereocenters. The van der Waals surface area contributed by atoms with Crippen LogP contribution in [0.1, 0.15) is 24.2 Å². The molecule has 0 saturated carbocycles. The van der Waals surface area contributed by atoms with Gasteiger partial charge in [-0.3, -0.25) is 0 Å². The van der Waals surface area contributed by atoms with E-state index < -0.39 is 6.10 Å².